The zero-order valence-corrected chi connectivity index (χ0v) is 13.5. The number of hydrogen-bond acceptors (Lipinski definition) is 5. The van der Waals surface area contributed by atoms with Crippen molar-refractivity contribution in [2.75, 3.05) is 26.0 Å². The zero-order chi connectivity index (χ0) is 15.2. The van der Waals surface area contributed by atoms with Crippen LogP contribution in [0.25, 0.3) is 0 Å². The van der Waals surface area contributed by atoms with Crippen molar-refractivity contribution in [3.63, 3.8) is 0 Å². The first-order valence-electron chi connectivity index (χ1n) is 7.50. The van der Waals surface area contributed by atoms with Gasteiger partial charge in [0.2, 0.25) is 0 Å². The van der Waals surface area contributed by atoms with E-state index in [1.807, 2.05) is 6.07 Å². The van der Waals surface area contributed by atoms with Crippen molar-refractivity contribution in [3.8, 4) is 5.75 Å². The smallest absolute Gasteiger partial charge is 0.119 e. The lowest BCUT2D eigenvalue weighted by molar-refractivity contribution is 0.113. The van der Waals surface area contributed by atoms with Crippen molar-refractivity contribution in [1.82, 2.24) is 5.32 Å². The maximum absolute atomic E-state index is 9.57. The van der Waals surface area contributed by atoms with Gasteiger partial charge in [0.1, 0.15) is 5.75 Å². The quantitative estimate of drug-likeness (QED) is 0.683. The number of nitrogens with one attached hydrogen (secondary N) is 1. The van der Waals surface area contributed by atoms with Crippen LogP contribution >= 0.6 is 11.8 Å². The highest BCUT2D eigenvalue weighted by molar-refractivity contribution is 8.00. The summed E-state index contributed by atoms with van der Waals surface area (Å²) in [5.74, 6) is 1.45. The summed E-state index contributed by atoms with van der Waals surface area (Å²) in [6.45, 7) is 2.96. The number of methoxy groups -OCH3 is 1. The van der Waals surface area contributed by atoms with Gasteiger partial charge in [-0.05, 0) is 42.6 Å². The van der Waals surface area contributed by atoms with E-state index < -0.39 is 6.10 Å². The summed E-state index contributed by atoms with van der Waals surface area (Å²) >= 11 is 1.73. The van der Waals surface area contributed by atoms with Crippen molar-refractivity contribution in [2.45, 2.75) is 37.2 Å². The molecule has 1 aromatic rings. The predicted molar refractivity (Wildman–Crippen MR) is 87.1 cm³/mol. The van der Waals surface area contributed by atoms with E-state index in [2.05, 4.69) is 24.4 Å². The minimum atomic E-state index is -0.639. The Morgan fingerprint density at radius 1 is 1.48 bits per heavy atom. The molecule has 0 amide bonds. The lowest BCUT2D eigenvalue weighted by atomic mass is 10.1. The second-order valence-corrected chi connectivity index (χ2v) is 6.68. The maximum atomic E-state index is 9.57. The predicted octanol–water partition coefficient (Wildman–Crippen LogP) is 1.75. The lowest BCUT2D eigenvalue weighted by Crippen LogP contribution is -2.29. The first-order chi connectivity index (χ1) is 10.2. The molecule has 4 nitrogen and oxygen atoms in total. The van der Waals surface area contributed by atoms with Crippen LogP contribution in [0.1, 0.15) is 30.5 Å². The fourth-order valence-corrected chi connectivity index (χ4v) is 4.00. The van der Waals surface area contributed by atoms with E-state index >= 15 is 0 Å². The third-order valence-electron chi connectivity index (χ3n) is 3.81. The molecule has 118 valence electrons. The summed E-state index contributed by atoms with van der Waals surface area (Å²) in [5.41, 5.74) is 2.65. The molecule has 0 saturated carbocycles. The van der Waals surface area contributed by atoms with Gasteiger partial charge in [-0.15, -0.1) is 0 Å². The first kappa shape index (κ1) is 16.6. The number of ether oxygens (including phenoxy) is 1. The van der Waals surface area contributed by atoms with Crippen molar-refractivity contribution in [2.24, 2.45) is 0 Å². The Kier molecular flexibility index (Phi) is 6.36. The summed E-state index contributed by atoms with van der Waals surface area (Å²) in [7, 11) is 1.69. The molecule has 1 aliphatic rings. The third kappa shape index (κ3) is 4.13. The number of benzene rings is 1. The molecule has 21 heavy (non-hydrogen) atoms. The van der Waals surface area contributed by atoms with E-state index in [1.54, 1.807) is 18.9 Å². The molecule has 1 aliphatic carbocycles. The topological polar surface area (TPSA) is 61.7 Å². The number of thioether (sulfide) groups is 1. The fourth-order valence-electron chi connectivity index (χ4n) is 2.69. The first-order valence-corrected chi connectivity index (χ1v) is 8.55. The number of rotatable bonds is 8. The second kappa shape index (κ2) is 8.03. The maximum Gasteiger partial charge on any atom is 0.119 e. The van der Waals surface area contributed by atoms with Gasteiger partial charge in [0.25, 0.3) is 0 Å². The Morgan fingerprint density at radius 2 is 2.29 bits per heavy atom. The van der Waals surface area contributed by atoms with Gasteiger partial charge in [-0.1, -0.05) is 13.0 Å². The highest BCUT2D eigenvalue weighted by Gasteiger charge is 2.33. The number of aliphatic hydroxyl groups is 2. The Labute approximate surface area is 130 Å². The molecular weight excluding hydrogens is 286 g/mol. The molecule has 0 aliphatic heterocycles. The van der Waals surface area contributed by atoms with E-state index in [4.69, 9.17) is 9.84 Å². The second-order valence-electron chi connectivity index (χ2n) is 5.41. The average Bonchev–Trinajstić information content (AvgIpc) is 2.87. The fraction of sp³-hybridized carbons (Fsp3) is 0.625. The standard InChI is InChI=1S/C16H25NO3S/c1-3-6-17-16-14-8-13(20-2)5-4-11(14)7-15(16)21-10-12(19)9-18/h4-5,8,12,15-19H,3,6-7,9-10H2,1-2H3. The molecule has 1 aromatic carbocycles. The van der Waals surface area contributed by atoms with Crippen molar-refractivity contribution >= 4 is 11.8 Å². The molecule has 0 saturated heterocycles. The average molecular weight is 311 g/mol. The van der Waals surface area contributed by atoms with Crippen LogP contribution in [-0.2, 0) is 6.42 Å². The monoisotopic (exact) mass is 311 g/mol. The minimum absolute atomic E-state index is 0.173. The Bertz CT molecular complexity index is 455. The van der Waals surface area contributed by atoms with Gasteiger partial charge in [-0.2, -0.15) is 11.8 Å². The van der Waals surface area contributed by atoms with Crippen LogP contribution in [-0.4, -0.2) is 47.6 Å². The molecule has 0 heterocycles. The Morgan fingerprint density at radius 3 is 2.95 bits per heavy atom. The molecule has 0 aromatic heterocycles. The van der Waals surface area contributed by atoms with E-state index in [0.717, 1.165) is 25.1 Å². The van der Waals surface area contributed by atoms with Crippen LogP contribution in [0.3, 0.4) is 0 Å². The van der Waals surface area contributed by atoms with Crippen LogP contribution in [0.4, 0.5) is 0 Å². The van der Waals surface area contributed by atoms with Gasteiger partial charge in [-0.25, -0.2) is 0 Å². The lowest BCUT2D eigenvalue weighted by Gasteiger charge is -2.22. The van der Waals surface area contributed by atoms with Crippen LogP contribution in [0, 0.1) is 0 Å². The SMILES string of the molecule is CCCNC1c2cc(OC)ccc2CC1SCC(O)CO. The molecular formula is C16H25NO3S. The summed E-state index contributed by atoms with van der Waals surface area (Å²) < 4.78 is 5.34. The summed E-state index contributed by atoms with van der Waals surface area (Å²) in [6, 6.07) is 6.54. The summed E-state index contributed by atoms with van der Waals surface area (Å²) in [6.07, 6.45) is 1.44. The number of aliphatic hydroxyl groups excluding tert-OH is 2. The van der Waals surface area contributed by atoms with Gasteiger partial charge >= 0.3 is 0 Å². The highest BCUT2D eigenvalue weighted by atomic mass is 32.2. The molecule has 5 heteroatoms. The van der Waals surface area contributed by atoms with Gasteiger partial charge < -0.3 is 20.3 Å². The third-order valence-corrected chi connectivity index (χ3v) is 5.25. The number of hydrogen-bond donors (Lipinski definition) is 3. The molecule has 0 radical (unpaired) electrons. The van der Waals surface area contributed by atoms with Crippen LogP contribution in [0.5, 0.6) is 5.75 Å². The van der Waals surface area contributed by atoms with E-state index in [-0.39, 0.29) is 12.6 Å². The molecule has 2 rings (SSSR count). The van der Waals surface area contributed by atoms with Gasteiger partial charge in [0, 0.05) is 17.0 Å². The van der Waals surface area contributed by atoms with E-state index in [0.29, 0.717) is 11.0 Å². The normalized spacial score (nSPS) is 22.1. The molecule has 0 fully saturated rings. The van der Waals surface area contributed by atoms with E-state index in [9.17, 15) is 5.11 Å². The van der Waals surface area contributed by atoms with Crippen molar-refractivity contribution in [1.29, 1.82) is 0 Å². The van der Waals surface area contributed by atoms with Crippen molar-refractivity contribution in [3.05, 3.63) is 29.3 Å². The van der Waals surface area contributed by atoms with Gasteiger partial charge in [0.15, 0.2) is 0 Å². The van der Waals surface area contributed by atoms with Gasteiger partial charge in [0.05, 0.1) is 19.8 Å². The van der Waals surface area contributed by atoms with Gasteiger partial charge in [-0.3, -0.25) is 0 Å². The van der Waals surface area contributed by atoms with Crippen LogP contribution in [0.15, 0.2) is 18.2 Å². The largest absolute Gasteiger partial charge is 0.497 e. The highest BCUT2D eigenvalue weighted by Crippen LogP contribution is 2.40. The molecule has 0 bridgehead atoms. The minimum Gasteiger partial charge on any atom is -0.497 e. The Hall–Kier alpha value is -0.750. The summed E-state index contributed by atoms with van der Waals surface area (Å²) in [4.78, 5) is 0. The molecule has 3 unspecified atom stereocenters. The zero-order valence-electron chi connectivity index (χ0n) is 12.7. The molecule has 3 N–H and O–H groups in total. The van der Waals surface area contributed by atoms with Crippen LogP contribution < -0.4 is 10.1 Å². The Balaban J connectivity index is 2.11. The number of fused-ring (bicyclic) bond motifs is 1. The molecule has 0 spiro atoms. The summed E-state index contributed by atoms with van der Waals surface area (Å²) in [5, 5.41) is 22.5. The van der Waals surface area contributed by atoms with E-state index in [1.165, 1.54) is 11.1 Å². The molecule has 3 atom stereocenters. The van der Waals surface area contributed by atoms with Crippen LogP contribution in [0.2, 0.25) is 0 Å². The van der Waals surface area contributed by atoms with Crippen molar-refractivity contribution < 1.29 is 14.9 Å².